The van der Waals surface area contributed by atoms with Gasteiger partial charge < -0.3 is 9.64 Å². The Hall–Kier alpha value is -2.13. The molecule has 3 rings (SSSR count). The topological polar surface area (TPSA) is 29.5 Å². The molecule has 0 bridgehead atoms. The van der Waals surface area contributed by atoms with Gasteiger partial charge in [0.2, 0.25) is 5.91 Å². The molecule has 2 aromatic carbocycles. The number of carbonyl (C=O) groups is 1. The zero-order chi connectivity index (χ0) is 14.5. The Kier molecular flexibility index (Phi) is 4.31. The molecule has 108 valence electrons. The first kappa shape index (κ1) is 13.8. The molecule has 3 nitrogen and oxygen atoms in total. The fourth-order valence-corrected chi connectivity index (χ4v) is 2.69. The minimum Gasteiger partial charge on any atom is -0.359 e. The van der Waals surface area contributed by atoms with E-state index in [1.807, 2.05) is 53.4 Å². The lowest BCUT2D eigenvalue weighted by molar-refractivity contribution is -0.132. The van der Waals surface area contributed by atoms with E-state index in [1.54, 1.807) is 0 Å². The second-order valence-electron chi connectivity index (χ2n) is 5.37. The molecule has 1 atom stereocenters. The van der Waals surface area contributed by atoms with E-state index in [2.05, 4.69) is 12.1 Å². The van der Waals surface area contributed by atoms with Gasteiger partial charge in [-0.3, -0.25) is 4.79 Å². The van der Waals surface area contributed by atoms with Crippen molar-refractivity contribution in [1.29, 1.82) is 0 Å². The van der Waals surface area contributed by atoms with E-state index >= 15 is 0 Å². The van der Waals surface area contributed by atoms with Gasteiger partial charge in [-0.1, -0.05) is 60.7 Å². The standard InChI is InChI=1S/C18H19NO2/c20-18(12-16-9-5-2-6-10-16)19-14-21-13-17(19)11-15-7-3-1-4-8-15/h1-10,17H,11-14H2/t17-/m1/s1. The van der Waals surface area contributed by atoms with Gasteiger partial charge in [0.05, 0.1) is 19.1 Å². The zero-order valence-corrected chi connectivity index (χ0v) is 11.9. The maximum absolute atomic E-state index is 12.5. The molecule has 2 aromatic rings. The van der Waals surface area contributed by atoms with E-state index in [0.29, 0.717) is 19.8 Å². The average molecular weight is 281 g/mol. The summed E-state index contributed by atoms with van der Waals surface area (Å²) in [5.74, 6) is 0.139. The minimum absolute atomic E-state index is 0.139. The summed E-state index contributed by atoms with van der Waals surface area (Å²) in [4.78, 5) is 14.3. The first-order valence-corrected chi connectivity index (χ1v) is 7.28. The Morgan fingerprint density at radius 1 is 1.00 bits per heavy atom. The van der Waals surface area contributed by atoms with E-state index in [4.69, 9.17) is 4.74 Å². The van der Waals surface area contributed by atoms with Gasteiger partial charge in [-0.25, -0.2) is 0 Å². The second kappa shape index (κ2) is 6.55. The van der Waals surface area contributed by atoms with Crippen LogP contribution in [0.1, 0.15) is 11.1 Å². The average Bonchev–Trinajstić information content (AvgIpc) is 2.97. The van der Waals surface area contributed by atoms with Crippen LogP contribution in [-0.4, -0.2) is 30.2 Å². The number of hydrogen-bond donors (Lipinski definition) is 0. The van der Waals surface area contributed by atoms with Crippen molar-refractivity contribution >= 4 is 5.91 Å². The van der Waals surface area contributed by atoms with Crippen LogP contribution in [0.25, 0.3) is 0 Å². The lowest BCUT2D eigenvalue weighted by atomic mass is 10.1. The highest BCUT2D eigenvalue weighted by atomic mass is 16.5. The molecule has 0 aliphatic carbocycles. The number of hydrogen-bond acceptors (Lipinski definition) is 2. The fourth-order valence-electron chi connectivity index (χ4n) is 2.69. The molecule has 0 unspecified atom stereocenters. The predicted octanol–water partition coefficient (Wildman–Crippen LogP) is 2.66. The van der Waals surface area contributed by atoms with Crippen molar-refractivity contribution in [1.82, 2.24) is 4.90 Å². The van der Waals surface area contributed by atoms with Crippen LogP contribution < -0.4 is 0 Å². The molecular formula is C18H19NO2. The highest BCUT2D eigenvalue weighted by molar-refractivity contribution is 5.79. The van der Waals surface area contributed by atoms with Gasteiger partial charge in [0, 0.05) is 0 Å². The van der Waals surface area contributed by atoms with Crippen LogP contribution in [0.3, 0.4) is 0 Å². The molecule has 1 heterocycles. The molecule has 1 aliphatic heterocycles. The van der Waals surface area contributed by atoms with Crippen LogP contribution in [0, 0.1) is 0 Å². The van der Waals surface area contributed by atoms with Crippen molar-refractivity contribution in [3.63, 3.8) is 0 Å². The molecule has 1 saturated heterocycles. The smallest absolute Gasteiger partial charge is 0.229 e. The molecule has 0 spiro atoms. The highest BCUT2D eigenvalue weighted by Gasteiger charge is 2.29. The number of carbonyl (C=O) groups excluding carboxylic acids is 1. The lowest BCUT2D eigenvalue weighted by Gasteiger charge is -2.22. The molecule has 0 saturated carbocycles. The molecule has 3 heteroatoms. The first-order chi connectivity index (χ1) is 10.3. The van der Waals surface area contributed by atoms with Crippen molar-refractivity contribution < 1.29 is 9.53 Å². The lowest BCUT2D eigenvalue weighted by Crippen LogP contribution is -2.38. The first-order valence-electron chi connectivity index (χ1n) is 7.28. The highest BCUT2D eigenvalue weighted by Crippen LogP contribution is 2.17. The SMILES string of the molecule is O=C(Cc1ccccc1)N1COC[C@H]1Cc1ccccc1. The molecule has 1 amide bonds. The minimum atomic E-state index is 0.139. The number of nitrogens with zero attached hydrogens (tertiary/aromatic N) is 1. The second-order valence-corrected chi connectivity index (χ2v) is 5.37. The Labute approximate surface area is 125 Å². The Balaban J connectivity index is 1.65. The summed E-state index contributed by atoms with van der Waals surface area (Å²) >= 11 is 0. The summed E-state index contributed by atoms with van der Waals surface area (Å²) < 4.78 is 5.51. The molecule has 21 heavy (non-hydrogen) atoms. The Bertz CT molecular complexity index is 583. The number of ether oxygens (including phenoxy) is 1. The maximum Gasteiger partial charge on any atom is 0.229 e. The van der Waals surface area contributed by atoms with Gasteiger partial charge >= 0.3 is 0 Å². The van der Waals surface area contributed by atoms with E-state index in [1.165, 1.54) is 5.56 Å². The van der Waals surface area contributed by atoms with Crippen LogP contribution in [0.4, 0.5) is 0 Å². The summed E-state index contributed by atoms with van der Waals surface area (Å²) in [7, 11) is 0. The Morgan fingerprint density at radius 3 is 2.29 bits per heavy atom. The van der Waals surface area contributed by atoms with E-state index in [0.717, 1.165) is 12.0 Å². The molecular weight excluding hydrogens is 262 g/mol. The molecule has 1 fully saturated rings. The maximum atomic E-state index is 12.5. The van der Waals surface area contributed by atoms with Crippen molar-refractivity contribution in [2.45, 2.75) is 18.9 Å². The summed E-state index contributed by atoms with van der Waals surface area (Å²) in [6, 6.07) is 20.3. The normalized spacial score (nSPS) is 17.9. The third-order valence-corrected chi connectivity index (χ3v) is 3.81. The van der Waals surface area contributed by atoms with Gasteiger partial charge in [0.25, 0.3) is 0 Å². The van der Waals surface area contributed by atoms with Gasteiger partial charge in [0.15, 0.2) is 0 Å². The number of benzene rings is 2. The monoisotopic (exact) mass is 281 g/mol. The molecule has 1 aliphatic rings. The molecule has 0 N–H and O–H groups in total. The summed E-state index contributed by atoms with van der Waals surface area (Å²) in [5.41, 5.74) is 2.29. The van der Waals surface area contributed by atoms with Crippen LogP contribution in [-0.2, 0) is 22.4 Å². The fraction of sp³-hybridized carbons (Fsp3) is 0.278. The van der Waals surface area contributed by atoms with Gasteiger partial charge in [0.1, 0.15) is 6.73 Å². The van der Waals surface area contributed by atoms with Crippen LogP contribution in [0.5, 0.6) is 0 Å². The number of amides is 1. The van der Waals surface area contributed by atoms with Crippen molar-refractivity contribution in [2.24, 2.45) is 0 Å². The van der Waals surface area contributed by atoms with Gasteiger partial charge in [-0.15, -0.1) is 0 Å². The predicted molar refractivity (Wildman–Crippen MR) is 81.7 cm³/mol. The molecule has 0 radical (unpaired) electrons. The van der Waals surface area contributed by atoms with Crippen molar-refractivity contribution in [2.75, 3.05) is 13.3 Å². The van der Waals surface area contributed by atoms with E-state index in [-0.39, 0.29) is 11.9 Å². The van der Waals surface area contributed by atoms with Crippen LogP contribution in [0.15, 0.2) is 60.7 Å². The quantitative estimate of drug-likeness (QED) is 0.862. The van der Waals surface area contributed by atoms with Crippen LogP contribution in [0.2, 0.25) is 0 Å². The van der Waals surface area contributed by atoms with Gasteiger partial charge in [-0.2, -0.15) is 0 Å². The summed E-state index contributed by atoms with van der Waals surface area (Å²) in [6.45, 7) is 1.03. The van der Waals surface area contributed by atoms with E-state index < -0.39 is 0 Å². The van der Waals surface area contributed by atoms with Crippen molar-refractivity contribution in [3.8, 4) is 0 Å². The summed E-state index contributed by atoms with van der Waals surface area (Å²) in [5, 5.41) is 0. The van der Waals surface area contributed by atoms with E-state index in [9.17, 15) is 4.79 Å². The molecule has 0 aromatic heterocycles. The Morgan fingerprint density at radius 2 is 1.62 bits per heavy atom. The summed E-state index contributed by atoms with van der Waals surface area (Å²) in [6.07, 6.45) is 1.29. The third-order valence-electron chi connectivity index (χ3n) is 3.81. The third kappa shape index (κ3) is 3.50. The number of rotatable bonds is 4. The zero-order valence-electron chi connectivity index (χ0n) is 11.9. The largest absolute Gasteiger partial charge is 0.359 e. The van der Waals surface area contributed by atoms with Gasteiger partial charge in [-0.05, 0) is 17.5 Å². The van der Waals surface area contributed by atoms with Crippen LogP contribution >= 0.6 is 0 Å². The van der Waals surface area contributed by atoms with Crippen molar-refractivity contribution in [3.05, 3.63) is 71.8 Å².